The highest BCUT2D eigenvalue weighted by Gasteiger charge is 1.91. The molecule has 0 radical (unpaired) electrons. The van der Waals surface area contributed by atoms with E-state index in [9.17, 15) is 0 Å². The second-order valence-electron chi connectivity index (χ2n) is 1.38. The first kappa shape index (κ1) is 6.04. The van der Waals surface area contributed by atoms with Crippen molar-refractivity contribution in [3.63, 3.8) is 0 Å². The van der Waals surface area contributed by atoms with Crippen LogP contribution in [0.1, 0.15) is 0 Å². The molecule has 44 valence electrons. The summed E-state index contributed by atoms with van der Waals surface area (Å²) in [4.78, 5) is 0. The summed E-state index contributed by atoms with van der Waals surface area (Å²) < 4.78 is 1.78. The van der Waals surface area contributed by atoms with E-state index < -0.39 is 0 Å². The third-order valence-electron chi connectivity index (χ3n) is 0.869. The monoisotopic (exact) mass is 146 g/mol. The molecule has 2 nitrogen and oxygen atoms in total. The molecule has 0 saturated carbocycles. The molecule has 0 saturated heterocycles. The summed E-state index contributed by atoms with van der Waals surface area (Å²) >= 11 is 4.00. The Morgan fingerprint density at radius 1 is 1.88 bits per heavy atom. The zero-order chi connectivity index (χ0) is 5.98. The standard InChI is InChI=1S/C4H6N2S2/c1-6-4(8-7)2-3-5-6/h2-3,7H,1H3. The highest BCUT2D eigenvalue weighted by atomic mass is 33.1. The van der Waals surface area contributed by atoms with E-state index in [-0.39, 0.29) is 0 Å². The first-order chi connectivity index (χ1) is 3.84. The van der Waals surface area contributed by atoms with Crippen molar-refractivity contribution in [1.29, 1.82) is 0 Å². The topological polar surface area (TPSA) is 17.8 Å². The molecule has 0 fully saturated rings. The van der Waals surface area contributed by atoms with Crippen molar-refractivity contribution in [1.82, 2.24) is 9.78 Å². The Kier molecular flexibility index (Phi) is 1.85. The van der Waals surface area contributed by atoms with Gasteiger partial charge in [-0.1, -0.05) is 0 Å². The molecule has 0 aliphatic rings. The molecule has 1 aromatic rings. The van der Waals surface area contributed by atoms with Crippen molar-refractivity contribution in [2.45, 2.75) is 5.03 Å². The van der Waals surface area contributed by atoms with E-state index in [1.165, 1.54) is 10.8 Å². The number of aryl methyl sites for hydroxylation is 1. The lowest BCUT2D eigenvalue weighted by Crippen LogP contribution is -1.88. The Bertz CT molecular complexity index is 172. The molecule has 8 heavy (non-hydrogen) atoms. The van der Waals surface area contributed by atoms with E-state index in [1.54, 1.807) is 10.9 Å². The molecule has 1 heterocycles. The Morgan fingerprint density at radius 2 is 2.62 bits per heavy atom. The molecule has 0 unspecified atom stereocenters. The number of hydrogen-bond donors (Lipinski definition) is 1. The van der Waals surface area contributed by atoms with Gasteiger partial charge in [0.1, 0.15) is 5.03 Å². The maximum atomic E-state index is 4.00. The molecule has 1 aromatic heterocycles. The van der Waals surface area contributed by atoms with Crippen LogP contribution in [0.15, 0.2) is 17.3 Å². The van der Waals surface area contributed by atoms with Gasteiger partial charge >= 0.3 is 0 Å². The van der Waals surface area contributed by atoms with Gasteiger partial charge in [-0.2, -0.15) is 5.10 Å². The zero-order valence-electron chi connectivity index (χ0n) is 4.40. The summed E-state index contributed by atoms with van der Waals surface area (Å²) in [5, 5.41) is 5.00. The number of rotatable bonds is 1. The van der Waals surface area contributed by atoms with Crippen molar-refractivity contribution in [2.24, 2.45) is 7.05 Å². The summed E-state index contributed by atoms with van der Waals surface area (Å²) in [7, 11) is 3.28. The van der Waals surface area contributed by atoms with Crippen LogP contribution in [0.5, 0.6) is 0 Å². The van der Waals surface area contributed by atoms with Gasteiger partial charge in [-0.05, 0) is 16.9 Å². The smallest absolute Gasteiger partial charge is 0.104 e. The van der Waals surface area contributed by atoms with Gasteiger partial charge in [0.2, 0.25) is 0 Å². The van der Waals surface area contributed by atoms with Crippen LogP contribution in [0.25, 0.3) is 0 Å². The van der Waals surface area contributed by atoms with Crippen LogP contribution in [0, 0.1) is 0 Å². The van der Waals surface area contributed by atoms with Crippen molar-refractivity contribution in [3.8, 4) is 0 Å². The predicted molar refractivity (Wildman–Crippen MR) is 38.1 cm³/mol. The van der Waals surface area contributed by atoms with Gasteiger partial charge in [-0.15, -0.1) is 11.7 Å². The first-order valence-electron chi connectivity index (χ1n) is 2.14. The lowest BCUT2D eigenvalue weighted by molar-refractivity contribution is 0.700. The summed E-state index contributed by atoms with van der Waals surface area (Å²) in [5.74, 6) is 0. The summed E-state index contributed by atoms with van der Waals surface area (Å²) in [6.07, 6.45) is 1.75. The van der Waals surface area contributed by atoms with E-state index in [0.29, 0.717) is 0 Å². The van der Waals surface area contributed by atoms with Crippen molar-refractivity contribution in [2.75, 3.05) is 0 Å². The molecule has 0 atom stereocenters. The van der Waals surface area contributed by atoms with E-state index in [2.05, 4.69) is 16.8 Å². The molecule has 0 aliphatic heterocycles. The van der Waals surface area contributed by atoms with Crippen molar-refractivity contribution in [3.05, 3.63) is 12.3 Å². The molecule has 0 N–H and O–H groups in total. The molecular weight excluding hydrogens is 140 g/mol. The van der Waals surface area contributed by atoms with Crippen LogP contribution in [0.4, 0.5) is 0 Å². The molecule has 0 aliphatic carbocycles. The van der Waals surface area contributed by atoms with E-state index in [0.717, 1.165) is 5.03 Å². The van der Waals surface area contributed by atoms with Crippen LogP contribution in [-0.2, 0) is 7.05 Å². The van der Waals surface area contributed by atoms with E-state index in [1.807, 2.05) is 13.1 Å². The normalized spacial score (nSPS) is 9.75. The number of thiol groups is 1. The fourth-order valence-corrected chi connectivity index (χ4v) is 1.28. The lowest BCUT2D eigenvalue weighted by atomic mass is 10.7. The Labute approximate surface area is 57.1 Å². The molecule has 0 amide bonds. The van der Waals surface area contributed by atoms with Crippen molar-refractivity contribution < 1.29 is 0 Å². The average Bonchev–Trinajstić information content (AvgIpc) is 2.14. The largest absolute Gasteiger partial charge is 0.261 e. The van der Waals surface area contributed by atoms with Crippen LogP contribution in [-0.4, -0.2) is 9.78 Å². The second-order valence-corrected chi connectivity index (χ2v) is 2.53. The first-order valence-corrected chi connectivity index (χ1v) is 4.01. The quantitative estimate of drug-likeness (QED) is 0.476. The summed E-state index contributed by atoms with van der Waals surface area (Å²) in [6, 6.07) is 1.91. The molecule has 0 aromatic carbocycles. The van der Waals surface area contributed by atoms with Gasteiger partial charge in [-0.3, -0.25) is 4.68 Å². The molecule has 1 rings (SSSR count). The third kappa shape index (κ3) is 1.00. The SMILES string of the molecule is Cn1nccc1SS. The number of hydrogen-bond acceptors (Lipinski definition) is 3. The maximum Gasteiger partial charge on any atom is 0.104 e. The van der Waals surface area contributed by atoms with E-state index in [4.69, 9.17) is 0 Å². The maximum absolute atomic E-state index is 4.00. The Morgan fingerprint density at radius 3 is 2.88 bits per heavy atom. The van der Waals surface area contributed by atoms with Crippen LogP contribution >= 0.6 is 22.5 Å². The van der Waals surface area contributed by atoms with Gasteiger partial charge in [0.25, 0.3) is 0 Å². The minimum atomic E-state index is 1.06. The summed E-state index contributed by atoms with van der Waals surface area (Å²) in [5.41, 5.74) is 0. The lowest BCUT2D eigenvalue weighted by Gasteiger charge is -1.91. The highest BCUT2D eigenvalue weighted by Crippen LogP contribution is 2.18. The molecule has 4 heteroatoms. The predicted octanol–water partition coefficient (Wildman–Crippen LogP) is 1.36. The fourth-order valence-electron chi connectivity index (χ4n) is 0.451. The van der Waals surface area contributed by atoms with Gasteiger partial charge in [0.05, 0.1) is 6.20 Å². The number of nitrogens with zero attached hydrogens (tertiary/aromatic N) is 2. The molecular formula is C4H6N2S2. The van der Waals surface area contributed by atoms with Gasteiger partial charge in [0.15, 0.2) is 0 Å². The molecule has 0 bridgehead atoms. The average molecular weight is 146 g/mol. The van der Waals surface area contributed by atoms with Crippen molar-refractivity contribution >= 4 is 22.5 Å². The zero-order valence-corrected chi connectivity index (χ0v) is 6.12. The molecule has 0 spiro atoms. The Balaban J connectivity index is 2.92. The minimum Gasteiger partial charge on any atom is -0.261 e. The second kappa shape index (κ2) is 2.46. The summed E-state index contributed by atoms with van der Waals surface area (Å²) in [6.45, 7) is 0. The van der Waals surface area contributed by atoms with Crippen LogP contribution in [0.2, 0.25) is 0 Å². The number of aromatic nitrogens is 2. The van der Waals surface area contributed by atoms with Gasteiger partial charge in [0, 0.05) is 7.05 Å². The van der Waals surface area contributed by atoms with Crippen LogP contribution in [0.3, 0.4) is 0 Å². The fraction of sp³-hybridized carbons (Fsp3) is 0.250. The van der Waals surface area contributed by atoms with Gasteiger partial charge in [-0.25, -0.2) is 0 Å². The van der Waals surface area contributed by atoms with E-state index >= 15 is 0 Å². The minimum absolute atomic E-state index is 1.06. The Hall–Kier alpha value is -0.0900. The van der Waals surface area contributed by atoms with Crippen LogP contribution < -0.4 is 0 Å². The third-order valence-corrected chi connectivity index (χ3v) is 2.02. The van der Waals surface area contributed by atoms with Gasteiger partial charge < -0.3 is 0 Å². The highest BCUT2D eigenvalue weighted by molar-refractivity contribution is 8.68.